The number of unbranched alkanes of at least 4 members (excludes halogenated alkanes) is 14. The van der Waals surface area contributed by atoms with Gasteiger partial charge in [-0.3, -0.25) is 0 Å². The first-order valence-electron chi connectivity index (χ1n) is 14.2. The molecule has 0 bridgehead atoms. The summed E-state index contributed by atoms with van der Waals surface area (Å²) in [5.74, 6) is 0. The minimum Gasteiger partial charge on any atom is -0.103 e. The van der Waals surface area contributed by atoms with Gasteiger partial charge in [-0.1, -0.05) is 145 Å². The maximum Gasteiger partial charge on any atom is -0.0250 e. The van der Waals surface area contributed by atoms with Gasteiger partial charge in [-0.05, 0) is 59.3 Å². The summed E-state index contributed by atoms with van der Waals surface area (Å²) in [5.41, 5.74) is 4.01. The minimum absolute atomic E-state index is 1.03. The van der Waals surface area contributed by atoms with Crippen LogP contribution in [0.4, 0.5) is 0 Å². The van der Waals surface area contributed by atoms with Crippen LogP contribution < -0.4 is 0 Å². The van der Waals surface area contributed by atoms with Crippen LogP contribution in [0.1, 0.15) is 150 Å². The Morgan fingerprint density at radius 2 is 1.03 bits per heavy atom. The predicted molar refractivity (Wildman–Crippen MR) is 156 cm³/mol. The Hall–Kier alpha value is -1.30. The molecule has 0 saturated carbocycles. The molecule has 33 heavy (non-hydrogen) atoms. The van der Waals surface area contributed by atoms with Crippen LogP contribution in [0, 0.1) is 0 Å². The molecule has 0 radical (unpaired) electrons. The van der Waals surface area contributed by atoms with E-state index in [1.807, 2.05) is 12.2 Å². The molecule has 0 aliphatic heterocycles. The fraction of sp³-hybridized carbons (Fsp3) is 0.697. The summed E-state index contributed by atoms with van der Waals surface area (Å²) in [6, 6.07) is 0. The lowest BCUT2D eigenvalue weighted by Gasteiger charge is -2.02. The predicted octanol–water partition coefficient (Wildman–Crippen LogP) is 12.2. The second-order valence-electron chi connectivity index (χ2n) is 9.95. The van der Waals surface area contributed by atoms with E-state index in [1.165, 1.54) is 114 Å². The van der Waals surface area contributed by atoms with E-state index < -0.39 is 0 Å². The van der Waals surface area contributed by atoms with Crippen molar-refractivity contribution in [2.24, 2.45) is 0 Å². The van der Waals surface area contributed by atoms with Crippen LogP contribution in [-0.2, 0) is 0 Å². The van der Waals surface area contributed by atoms with Crippen LogP contribution in [0.25, 0.3) is 0 Å². The molecule has 0 amide bonds. The molecule has 0 spiro atoms. The summed E-state index contributed by atoms with van der Waals surface area (Å²) in [6.45, 7) is 20.1. The highest BCUT2D eigenvalue weighted by atomic mass is 14.0. The van der Waals surface area contributed by atoms with Crippen LogP contribution in [-0.4, -0.2) is 0 Å². The van der Waals surface area contributed by atoms with Crippen molar-refractivity contribution in [2.45, 2.75) is 150 Å². The lowest BCUT2D eigenvalue weighted by molar-refractivity contribution is 0.536. The van der Waals surface area contributed by atoms with Crippen LogP contribution >= 0.6 is 0 Å². The molecule has 0 heteroatoms. The Morgan fingerprint density at radius 1 is 0.576 bits per heavy atom. The van der Waals surface area contributed by atoms with Gasteiger partial charge < -0.3 is 0 Å². The molecular weight excluding hydrogens is 396 g/mol. The third-order valence-corrected chi connectivity index (χ3v) is 6.10. The van der Waals surface area contributed by atoms with Crippen molar-refractivity contribution in [2.75, 3.05) is 0 Å². The van der Waals surface area contributed by atoms with Gasteiger partial charge in [-0.25, -0.2) is 0 Å². The molecule has 0 unspecified atom stereocenters. The van der Waals surface area contributed by atoms with Crippen molar-refractivity contribution in [1.82, 2.24) is 0 Å². The van der Waals surface area contributed by atoms with Crippen LogP contribution in [0.2, 0.25) is 0 Å². The highest BCUT2D eigenvalue weighted by Gasteiger charge is 1.94. The maximum atomic E-state index is 3.90. The van der Waals surface area contributed by atoms with Gasteiger partial charge in [0.1, 0.15) is 0 Å². The number of hydrogen-bond donors (Lipinski definition) is 0. The van der Waals surface area contributed by atoms with E-state index in [-0.39, 0.29) is 0 Å². The Kier molecular flexibility index (Phi) is 29.5. The average molecular weight is 457 g/mol. The van der Waals surface area contributed by atoms with Crippen molar-refractivity contribution >= 4 is 0 Å². The molecule has 192 valence electrons. The molecular formula is C33H60. The van der Waals surface area contributed by atoms with Gasteiger partial charge in [0.15, 0.2) is 0 Å². The van der Waals surface area contributed by atoms with Crippen molar-refractivity contribution in [3.8, 4) is 0 Å². The first kappa shape index (κ1) is 33.9. The van der Waals surface area contributed by atoms with Gasteiger partial charge in [-0.2, -0.15) is 0 Å². The second-order valence-corrected chi connectivity index (χ2v) is 9.95. The van der Waals surface area contributed by atoms with E-state index in [9.17, 15) is 0 Å². The van der Waals surface area contributed by atoms with E-state index in [2.05, 4.69) is 59.6 Å². The van der Waals surface area contributed by atoms with Gasteiger partial charge in [0.05, 0.1) is 0 Å². The van der Waals surface area contributed by atoms with E-state index in [1.54, 1.807) is 0 Å². The number of allylic oxidation sites excluding steroid dienone is 7. The maximum absolute atomic E-state index is 3.90. The number of rotatable bonds is 22. The second kappa shape index (κ2) is 28.7. The summed E-state index contributed by atoms with van der Waals surface area (Å²) in [6.07, 6.45) is 34.3. The number of hydrogen-bond acceptors (Lipinski definition) is 0. The molecule has 0 aromatic carbocycles. The highest BCUT2D eigenvalue weighted by molar-refractivity contribution is 5.12. The SMILES string of the molecule is C=CC(=C)CC/C=C(\C)CCC=C(C)C.C=CCCCCCCCCCCCCCCCC. The van der Waals surface area contributed by atoms with Gasteiger partial charge in [0.25, 0.3) is 0 Å². The summed E-state index contributed by atoms with van der Waals surface area (Å²) >= 11 is 0. The molecule has 0 aliphatic carbocycles. The molecule has 0 heterocycles. The molecule has 0 rings (SSSR count). The normalized spacial score (nSPS) is 10.8. The Bertz CT molecular complexity index is 498. The summed E-state index contributed by atoms with van der Waals surface area (Å²) < 4.78 is 0. The van der Waals surface area contributed by atoms with Crippen LogP contribution in [0.5, 0.6) is 0 Å². The Balaban J connectivity index is 0. The highest BCUT2D eigenvalue weighted by Crippen LogP contribution is 2.13. The van der Waals surface area contributed by atoms with Gasteiger partial charge >= 0.3 is 0 Å². The van der Waals surface area contributed by atoms with E-state index in [0.717, 1.165) is 24.8 Å². The summed E-state index contributed by atoms with van der Waals surface area (Å²) in [7, 11) is 0. The fourth-order valence-electron chi connectivity index (χ4n) is 3.78. The quantitative estimate of drug-likeness (QED) is 0.0862. The molecule has 0 aliphatic rings. The Labute approximate surface area is 210 Å². The van der Waals surface area contributed by atoms with Crippen molar-refractivity contribution < 1.29 is 0 Å². The molecule has 0 aromatic heterocycles. The van der Waals surface area contributed by atoms with E-state index in [4.69, 9.17) is 0 Å². The molecule has 0 N–H and O–H groups in total. The molecule has 0 aromatic rings. The summed E-state index contributed by atoms with van der Waals surface area (Å²) in [5, 5.41) is 0. The monoisotopic (exact) mass is 456 g/mol. The molecule has 0 nitrogen and oxygen atoms in total. The average Bonchev–Trinajstić information content (AvgIpc) is 2.79. The van der Waals surface area contributed by atoms with Gasteiger partial charge in [0.2, 0.25) is 0 Å². The molecule has 0 saturated heterocycles. The van der Waals surface area contributed by atoms with Gasteiger partial charge in [-0.15, -0.1) is 6.58 Å². The third-order valence-electron chi connectivity index (χ3n) is 6.10. The zero-order chi connectivity index (χ0) is 25.0. The zero-order valence-corrected chi connectivity index (χ0v) is 23.4. The topological polar surface area (TPSA) is 0 Å². The first-order valence-corrected chi connectivity index (χ1v) is 14.2. The smallest absolute Gasteiger partial charge is 0.0250 e. The van der Waals surface area contributed by atoms with Gasteiger partial charge in [0, 0.05) is 0 Å². The lowest BCUT2D eigenvalue weighted by Crippen LogP contribution is -1.83. The first-order chi connectivity index (χ1) is 16.0. The van der Waals surface area contributed by atoms with Crippen molar-refractivity contribution in [1.29, 1.82) is 0 Å². The third kappa shape index (κ3) is 33.0. The minimum atomic E-state index is 1.03. The van der Waals surface area contributed by atoms with E-state index in [0.29, 0.717) is 0 Å². The Morgan fingerprint density at radius 3 is 1.45 bits per heavy atom. The largest absolute Gasteiger partial charge is 0.103 e. The van der Waals surface area contributed by atoms with E-state index >= 15 is 0 Å². The molecule has 0 fully saturated rings. The fourth-order valence-corrected chi connectivity index (χ4v) is 3.78. The standard InChI is InChI=1S/C18H36.C15H24/c1-3-5-7-9-11-13-15-17-18-16-14-12-10-8-6-4-2;1-6-14(4)10-8-12-15(5)11-7-9-13(2)3/h3H,1,4-18H2,2H3;6,9,12H,1,4,7-8,10-11H2,2-3,5H3/b;15-12+. The van der Waals surface area contributed by atoms with Crippen molar-refractivity contribution in [3.05, 3.63) is 60.8 Å². The summed E-state index contributed by atoms with van der Waals surface area (Å²) in [4.78, 5) is 0. The van der Waals surface area contributed by atoms with Crippen molar-refractivity contribution in [3.63, 3.8) is 0 Å². The van der Waals surface area contributed by atoms with Crippen LogP contribution in [0.3, 0.4) is 0 Å². The zero-order valence-electron chi connectivity index (χ0n) is 23.4. The molecule has 0 atom stereocenters. The lowest BCUT2D eigenvalue weighted by atomic mass is 10.0. The van der Waals surface area contributed by atoms with Crippen LogP contribution in [0.15, 0.2) is 60.8 Å².